The van der Waals surface area contributed by atoms with Crippen LogP contribution in [0.3, 0.4) is 0 Å². The number of aliphatic hydroxyl groups excluding tert-OH is 2. The van der Waals surface area contributed by atoms with Gasteiger partial charge in [0.1, 0.15) is 5.60 Å². The van der Waals surface area contributed by atoms with Gasteiger partial charge >= 0.3 is 11.9 Å². The van der Waals surface area contributed by atoms with Crippen LogP contribution in [0.1, 0.15) is 86.0 Å². The molecule has 1 spiro atoms. The summed E-state index contributed by atoms with van der Waals surface area (Å²) in [7, 11) is 0. The Hall–Kier alpha value is -1.86. The van der Waals surface area contributed by atoms with Crippen LogP contribution in [0, 0.1) is 52.8 Å². The molecule has 4 saturated carbocycles. The molecule has 4 aliphatic carbocycles. The Bertz CT molecular complexity index is 1430. The molecule has 11 heteroatoms. The zero-order valence-electron chi connectivity index (χ0n) is 28.9. The molecule has 16 atom stereocenters. The smallest absolute Gasteiger partial charge is 0.330 e. The summed E-state index contributed by atoms with van der Waals surface area (Å²) in [5.41, 5.74) is -5.26. The van der Waals surface area contributed by atoms with Crippen LogP contribution < -0.4 is 0 Å². The highest BCUT2D eigenvalue weighted by atomic mass is 16.7. The Kier molecular flexibility index (Phi) is 7.97. The standard InChI is InChI=1S/C37H55NO10/c1-18-6-7-24-21(4)27-23(17-38(24)16-18)22-15-36-29(28(22)35(46,30(27)40)11-9-20(3)32(43)44)25(39)14-26-33(36,5)12-13-34(45,37(26,47)48-36)10-8-19(2)31(41)42/h8-9,18,21-30,39-40,45-47H,6-7,10-17H2,1-5H3,(H,41,42)(H,43,44)/b19-8-,20-9-/t18-,21-,22-,23-,24-,25+,26?,27+,28?,29-,30+,33-,34-,35?,36?,37-/m0/s1. The summed E-state index contributed by atoms with van der Waals surface area (Å²) >= 11 is 0. The van der Waals surface area contributed by atoms with E-state index in [9.17, 15) is 45.3 Å². The van der Waals surface area contributed by atoms with Crippen LogP contribution in [-0.2, 0) is 14.3 Å². The van der Waals surface area contributed by atoms with E-state index in [0.717, 1.165) is 25.9 Å². The van der Waals surface area contributed by atoms with E-state index in [0.29, 0.717) is 18.8 Å². The maximum atomic E-state index is 13.0. The average molecular weight is 674 g/mol. The molecular weight excluding hydrogens is 618 g/mol. The minimum Gasteiger partial charge on any atom is -0.478 e. The van der Waals surface area contributed by atoms with Gasteiger partial charge in [0.25, 0.3) is 0 Å². The van der Waals surface area contributed by atoms with Crippen LogP contribution in [0.15, 0.2) is 23.3 Å². The van der Waals surface area contributed by atoms with Crippen LogP contribution in [-0.4, -0.2) is 107 Å². The van der Waals surface area contributed by atoms with Gasteiger partial charge in [-0.15, -0.1) is 0 Å². The molecule has 7 fully saturated rings. The second-order valence-corrected chi connectivity index (χ2v) is 17.4. The largest absolute Gasteiger partial charge is 0.478 e. The van der Waals surface area contributed by atoms with Crippen molar-refractivity contribution in [2.45, 2.75) is 127 Å². The first-order valence-corrected chi connectivity index (χ1v) is 18.1. The molecule has 4 unspecified atom stereocenters. The summed E-state index contributed by atoms with van der Waals surface area (Å²) < 4.78 is 6.96. The minimum atomic E-state index is -2.07. The third-order valence-corrected chi connectivity index (χ3v) is 15.4. The van der Waals surface area contributed by atoms with Crippen LogP contribution >= 0.6 is 0 Å². The van der Waals surface area contributed by atoms with E-state index in [1.54, 1.807) is 0 Å². The fourth-order valence-corrected chi connectivity index (χ4v) is 12.9. The molecule has 7 rings (SSSR count). The summed E-state index contributed by atoms with van der Waals surface area (Å²) in [6.07, 6.45) is 3.78. The van der Waals surface area contributed by atoms with Gasteiger partial charge in [0, 0.05) is 59.9 Å². The SMILES string of the molecule is C/C(=C/CC1(O)C2[C@@H](CC34O[C@@]5(O)C(C[C@@H](O)[C@@H]23)[C@]4(C)CC[C@@]5(O)C/C=C(/C)C(=O)O)[C@@H]2CN3C[C@@H](C)CC[C@H]3[C@H](C)[C@H]2[C@H]1O)C(=O)O. The third-order valence-electron chi connectivity index (χ3n) is 15.4. The van der Waals surface area contributed by atoms with Crippen molar-refractivity contribution >= 4 is 11.9 Å². The zero-order chi connectivity index (χ0) is 34.9. The van der Waals surface area contributed by atoms with Crippen molar-refractivity contribution in [2.75, 3.05) is 13.1 Å². The molecule has 7 aliphatic rings. The number of rotatable bonds is 6. The predicted molar refractivity (Wildman–Crippen MR) is 173 cm³/mol. The van der Waals surface area contributed by atoms with Crippen molar-refractivity contribution in [1.29, 1.82) is 0 Å². The lowest BCUT2D eigenvalue weighted by molar-refractivity contribution is -0.322. The maximum absolute atomic E-state index is 13.0. The Morgan fingerprint density at radius 2 is 1.54 bits per heavy atom. The van der Waals surface area contributed by atoms with Gasteiger partial charge < -0.3 is 40.5 Å². The lowest BCUT2D eigenvalue weighted by atomic mass is 9.47. The fraction of sp³-hybridized carbons (Fsp3) is 0.838. The van der Waals surface area contributed by atoms with Crippen LogP contribution in [0.4, 0.5) is 0 Å². The van der Waals surface area contributed by atoms with E-state index in [2.05, 4.69) is 25.7 Å². The van der Waals surface area contributed by atoms with Gasteiger partial charge in [-0.1, -0.05) is 32.9 Å². The number of carboxylic acids is 2. The maximum Gasteiger partial charge on any atom is 0.330 e. The van der Waals surface area contributed by atoms with Gasteiger partial charge in [-0.25, -0.2) is 9.59 Å². The van der Waals surface area contributed by atoms with Gasteiger partial charge in [-0.05, 0) is 88.4 Å². The van der Waals surface area contributed by atoms with Gasteiger partial charge in [0.2, 0.25) is 0 Å². The first-order chi connectivity index (χ1) is 22.3. The van der Waals surface area contributed by atoms with E-state index in [1.807, 2.05) is 0 Å². The molecule has 3 saturated heterocycles. The van der Waals surface area contributed by atoms with Crippen LogP contribution in [0.25, 0.3) is 0 Å². The number of carbonyl (C=O) groups is 2. The number of piperidine rings is 2. The van der Waals surface area contributed by atoms with Crippen molar-refractivity contribution in [1.82, 2.24) is 4.90 Å². The predicted octanol–water partition coefficient (Wildman–Crippen LogP) is 2.54. The number of aliphatic hydroxyl groups is 5. The first kappa shape index (κ1) is 34.6. The highest BCUT2D eigenvalue weighted by Gasteiger charge is 2.85. The Balaban J connectivity index is 1.35. The van der Waals surface area contributed by atoms with E-state index in [-0.39, 0.29) is 66.5 Å². The Labute approximate surface area is 282 Å². The molecule has 0 aromatic heterocycles. The molecule has 4 bridgehead atoms. The molecule has 48 heavy (non-hydrogen) atoms. The molecule has 0 aromatic carbocycles. The molecule has 0 aromatic rings. The molecule has 3 heterocycles. The second-order valence-electron chi connectivity index (χ2n) is 17.4. The summed E-state index contributed by atoms with van der Waals surface area (Å²) in [4.78, 5) is 26.0. The monoisotopic (exact) mass is 673 g/mol. The normalized spacial score (nSPS) is 54.6. The molecule has 3 aliphatic heterocycles. The topological polar surface area (TPSA) is 188 Å². The van der Waals surface area contributed by atoms with Gasteiger partial charge in [-0.2, -0.15) is 0 Å². The van der Waals surface area contributed by atoms with Crippen molar-refractivity contribution in [2.24, 2.45) is 52.8 Å². The molecular formula is C37H55NO10. The third kappa shape index (κ3) is 4.37. The zero-order valence-corrected chi connectivity index (χ0v) is 28.9. The van der Waals surface area contributed by atoms with Gasteiger partial charge in [-0.3, -0.25) is 4.90 Å². The van der Waals surface area contributed by atoms with E-state index in [4.69, 9.17) is 4.74 Å². The number of carboxylic acid groups (broad SMARTS) is 2. The van der Waals surface area contributed by atoms with E-state index < -0.39 is 69.9 Å². The van der Waals surface area contributed by atoms with Gasteiger partial charge in [0.15, 0.2) is 5.79 Å². The number of aliphatic carboxylic acids is 2. The number of fused-ring (bicyclic) bond motifs is 5. The molecule has 11 nitrogen and oxygen atoms in total. The average Bonchev–Trinajstić information content (AvgIpc) is 3.41. The second kappa shape index (κ2) is 11.1. The summed E-state index contributed by atoms with van der Waals surface area (Å²) in [5, 5.41) is 81.4. The first-order valence-electron chi connectivity index (χ1n) is 18.1. The molecule has 0 amide bonds. The lowest BCUT2D eigenvalue weighted by Gasteiger charge is -2.62. The highest BCUT2D eigenvalue weighted by Crippen LogP contribution is 2.78. The minimum absolute atomic E-state index is 0.0284. The van der Waals surface area contributed by atoms with Crippen LogP contribution in [0.5, 0.6) is 0 Å². The highest BCUT2D eigenvalue weighted by molar-refractivity contribution is 5.86. The quantitative estimate of drug-likeness (QED) is 0.205. The van der Waals surface area contributed by atoms with Crippen molar-refractivity contribution in [3.05, 3.63) is 23.3 Å². The van der Waals surface area contributed by atoms with Crippen LogP contribution in [0.2, 0.25) is 0 Å². The van der Waals surface area contributed by atoms with Gasteiger partial charge in [0.05, 0.1) is 23.4 Å². The number of hydrogen-bond acceptors (Lipinski definition) is 9. The number of hydrogen-bond donors (Lipinski definition) is 7. The van der Waals surface area contributed by atoms with E-state index >= 15 is 0 Å². The fourth-order valence-electron chi connectivity index (χ4n) is 12.9. The van der Waals surface area contributed by atoms with Crippen molar-refractivity contribution in [3.63, 3.8) is 0 Å². The summed E-state index contributed by atoms with van der Waals surface area (Å²) in [5.74, 6) is -6.15. The summed E-state index contributed by atoms with van der Waals surface area (Å²) in [6, 6.07) is 0.267. The summed E-state index contributed by atoms with van der Waals surface area (Å²) in [6.45, 7) is 11.1. The van der Waals surface area contributed by atoms with Crippen molar-refractivity contribution < 1.29 is 50.1 Å². The molecule has 0 radical (unpaired) electrons. The molecule has 7 N–H and O–H groups in total. The van der Waals surface area contributed by atoms with E-state index in [1.165, 1.54) is 26.0 Å². The Morgan fingerprint density at radius 3 is 2.19 bits per heavy atom. The van der Waals surface area contributed by atoms with Crippen molar-refractivity contribution in [3.8, 4) is 0 Å². The molecule has 268 valence electrons. The lowest BCUT2D eigenvalue weighted by Crippen LogP contribution is -2.70. The number of ether oxygens (including phenoxy) is 1. The Morgan fingerprint density at radius 1 is 0.896 bits per heavy atom. The number of nitrogens with zero attached hydrogens (tertiary/aromatic N) is 1.